The molecule has 7 nitrogen and oxygen atoms in total. The monoisotopic (exact) mass is 364 g/mol. The van der Waals surface area contributed by atoms with E-state index in [1.54, 1.807) is 6.07 Å². The first kappa shape index (κ1) is 20.4. The van der Waals surface area contributed by atoms with Crippen molar-refractivity contribution >= 4 is 11.8 Å². The number of hydrogen-bond acceptors (Lipinski definition) is 5. The van der Waals surface area contributed by atoms with Crippen LogP contribution in [0.1, 0.15) is 80.5 Å². The van der Waals surface area contributed by atoms with Crippen LogP contribution in [0.15, 0.2) is 10.6 Å². The topological polar surface area (TPSA) is 110 Å². The molecule has 0 saturated heterocycles. The van der Waals surface area contributed by atoms with Gasteiger partial charge in [-0.05, 0) is 38.1 Å². The zero-order valence-corrected chi connectivity index (χ0v) is 15.6. The first-order valence-electron chi connectivity index (χ1n) is 9.89. The predicted molar refractivity (Wildman–Crippen MR) is 99.4 cm³/mol. The number of hydrogen-bond donors (Lipinski definition) is 3. The Hall–Kier alpha value is -1.89. The smallest absolute Gasteiger partial charge is 0.273 e. The third-order valence-electron chi connectivity index (χ3n) is 4.87. The molecule has 0 aromatic carbocycles. The van der Waals surface area contributed by atoms with Crippen LogP contribution in [0.3, 0.4) is 0 Å². The van der Waals surface area contributed by atoms with Gasteiger partial charge in [-0.2, -0.15) is 0 Å². The van der Waals surface area contributed by atoms with Gasteiger partial charge in [0.05, 0.1) is 6.54 Å². The third-order valence-corrected chi connectivity index (χ3v) is 4.87. The van der Waals surface area contributed by atoms with E-state index in [0.29, 0.717) is 31.2 Å². The summed E-state index contributed by atoms with van der Waals surface area (Å²) in [5.74, 6) is 0.795. The van der Waals surface area contributed by atoms with E-state index in [9.17, 15) is 9.59 Å². The number of rotatable bonds is 11. The van der Waals surface area contributed by atoms with E-state index in [0.717, 1.165) is 38.5 Å². The molecule has 0 spiro atoms. The molecule has 0 bridgehead atoms. The first-order valence-corrected chi connectivity index (χ1v) is 9.89. The summed E-state index contributed by atoms with van der Waals surface area (Å²) in [6.07, 6.45) is 10.7. The lowest BCUT2D eigenvalue weighted by Gasteiger charge is -2.20. The number of amides is 2. The van der Waals surface area contributed by atoms with Gasteiger partial charge in [-0.15, -0.1) is 0 Å². The molecule has 1 fully saturated rings. The quantitative estimate of drug-likeness (QED) is 0.523. The molecule has 1 aliphatic rings. The number of unbranched alkanes of at least 4 members (excludes halogenated alkanes) is 3. The second-order valence-corrected chi connectivity index (χ2v) is 7.12. The Balaban J connectivity index is 1.63. The Morgan fingerprint density at radius 1 is 1.12 bits per heavy atom. The van der Waals surface area contributed by atoms with Crippen LogP contribution in [-0.2, 0) is 11.3 Å². The molecule has 0 radical (unpaired) electrons. The Bertz CT molecular complexity index is 553. The maximum absolute atomic E-state index is 12.0. The molecule has 0 atom stereocenters. The van der Waals surface area contributed by atoms with Crippen molar-refractivity contribution in [2.45, 2.75) is 70.8 Å². The fourth-order valence-corrected chi connectivity index (χ4v) is 3.33. The van der Waals surface area contributed by atoms with Crippen LogP contribution in [0.2, 0.25) is 0 Å². The second-order valence-electron chi connectivity index (χ2n) is 7.12. The van der Waals surface area contributed by atoms with Crippen molar-refractivity contribution in [3.05, 3.63) is 17.5 Å². The normalized spacial score (nSPS) is 15.0. The van der Waals surface area contributed by atoms with Gasteiger partial charge < -0.3 is 20.9 Å². The maximum Gasteiger partial charge on any atom is 0.273 e. The van der Waals surface area contributed by atoms with Gasteiger partial charge >= 0.3 is 0 Å². The van der Waals surface area contributed by atoms with E-state index >= 15 is 0 Å². The molecule has 7 heteroatoms. The summed E-state index contributed by atoms with van der Waals surface area (Å²) in [6.45, 7) is 1.60. The lowest BCUT2D eigenvalue weighted by molar-refractivity contribution is -0.122. The lowest BCUT2D eigenvalue weighted by Crippen LogP contribution is -2.26. The summed E-state index contributed by atoms with van der Waals surface area (Å²) < 4.78 is 5.15. The molecule has 4 N–H and O–H groups in total. The molecule has 2 rings (SSSR count). The van der Waals surface area contributed by atoms with Crippen molar-refractivity contribution < 1.29 is 14.1 Å². The zero-order valence-electron chi connectivity index (χ0n) is 15.6. The Kier molecular flexibility index (Phi) is 9.17. The molecule has 1 aromatic heterocycles. The van der Waals surface area contributed by atoms with Crippen LogP contribution in [0.4, 0.5) is 0 Å². The molecule has 1 heterocycles. The van der Waals surface area contributed by atoms with Gasteiger partial charge in [-0.3, -0.25) is 9.59 Å². The largest absolute Gasteiger partial charge is 0.359 e. The predicted octanol–water partition coefficient (Wildman–Crippen LogP) is 2.51. The van der Waals surface area contributed by atoms with Crippen LogP contribution in [-0.4, -0.2) is 30.1 Å². The van der Waals surface area contributed by atoms with Gasteiger partial charge in [-0.1, -0.05) is 37.3 Å². The maximum atomic E-state index is 12.0. The Labute approximate surface area is 155 Å². The zero-order chi connectivity index (χ0) is 18.6. The summed E-state index contributed by atoms with van der Waals surface area (Å²) in [7, 11) is 0. The number of carbonyl (C=O) groups is 2. The van der Waals surface area contributed by atoms with Crippen LogP contribution >= 0.6 is 0 Å². The fraction of sp³-hybridized carbons (Fsp3) is 0.737. The average molecular weight is 364 g/mol. The van der Waals surface area contributed by atoms with Crippen molar-refractivity contribution in [2.24, 2.45) is 11.7 Å². The first-order chi connectivity index (χ1) is 12.7. The highest BCUT2D eigenvalue weighted by molar-refractivity contribution is 5.92. The van der Waals surface area contributed by atoms with Gasteiger partial charge in [0, 0.05) is 19.0 Å². The highest BCUT2D eigenvalue weighted by Crippen LogP contribution is 2.26. The lowest BCUT2D eigenvalue weighted by atomic mass is 9.87. The van der Waals surface area contributed by atoms with E-state index in [4.69, 9.17) is 10.3 Å². The molecule has 1 aliphatic carbocycles. The fourth-order valence-electron chi connectivity index (χ4n) is 3.33. The summed E-state index contributed by atoms with van der Waals surface area (Å²) in [4.78, 5) is 24.0. The van der Waals surface area contributed by atoms with E-state index < -0.39 is 0 Å². The molecular formula is C19H32N4O3. The van der Waals surface area contributed by atoms with E-state index in [2.05, 4.69) is 15.8 Å². The number of carbonyl (C=O) groups excluding carboxylic acids is 2. The van der Waals surface area contributed by atoms with Crippen LogP contribution < -0.4 is 16.4 Å². The van der Waals surface area contributed by atoms with Gasteiger partial charge in [0.1, 0.15) is 0 Å². The summed E-state index contributed by atoms with van der Waals surface area (Å²) in [5.41, 5.74) is 5.70. The molecule has 26 heavy (non-hydrogen) atoms. The molecule has 0 unspecified atom stereocenters. The molecule has 0 aliphatic heterocycles. The highest BCUT2D eigenvalue weighted by Gasteiger charge is 2.17. The average Bonchev–Trinajstić information content (AvgIpc) is 3.13. The minimum absolute atomic E-state index is 0.0387. The molecule has 1 saturated carbocycles. The molecule has 146 valence electrons. The minimum Gasteiger partial charge on any atom is -0.359 e. The number of aromatic nitrogens is 1. The van der Waals surface area contributed by atoms with Crippen molar-refractivity contribution in [3.63, 3.8) is 0 Å². The Morgan fingerprint density at radius 2 is 1.88 bits per heavy atom. The van der Waals surface area contributed by atoms with E-state index in [-0.39, 0.29) is 24.1 Å². The van der Waals surface area contributed by atoms with Crippen molar-refractivity contribution in [1.82, 2.24) is 15.8 Å². The van der Waals surface area contributed by atoms with Crippen LogP contribution in [0.25, 0.3) is 0 Å². The number of nitrogens with zero attached hydrogens (tertiary/aromatic N) is 1. The summed E-state index contributed by atoms with van der Waals surface area (Å²) in [6, 6.07) is 1.59. The SMILES string of the molecule is NCCCCCCNC(=O)c1cc(CNC(=O)CC2CCCCC2)on1. The van der Waals surface area contributed by atoms with Gasteiger partial charge in [0.25, 0.3) is 5.91 Å². The van der Waals surface area contributed by atoms with E-state index in [1.165, 1.54) is 19.3 Å². The number of nitrogens with two attached hydrogens (primary N) is 1. The minimum atomic E-state index is -0.243. The molecule has 2 amide bonds. The van der Waals surface area contributed by atoms with Gasteiger partial charge in [-0.25, -0.2) is 0 Å². The van der Waals surface area contributed by atoms with Crippen molar-refractivity contribution in [3.8, 4) is 0 Å². The standard InChI is InChI=1S/C19H32N4O3/c20-10-6-1-2-7-11-21-19(25)17-13-16(26-23-17)14-22-18(24)12-15-8-4-3-5-9-15/h13,15H,1-12,14,20H2,(H,21,25)(H,22,24). The molecule has 1 aromatic rings. The molecular weight excluding hydrogens is 332 g/mol. The number of nitrogens with one attached hydrogen (secondary N) is 2. The van der Waals surface area contributed by atoms with Crippen LogP contribution in [0.5, 0.6) is 0 Å². The van der Waals surface area contributed by atoms with Crippen molar-refractivity contribution in [2.75, 3.05) is 13.1 Å². The summed E-state index contributed by atoms with van der Waals surface area (Å²) in [5, 5.41) is 9.47. The van der Waals surface area contributed by atoms with Crippen molar-refractivity contribution in [1.29, 1.82) is 0 Å². The second kappa shape index (κ2) is 11.7. The van der Waals surface area contributed by atoms with Gasteiger partial charge in [0.15, 0.2) is 11.5 Å². The summed E-state index contributed by atoms with van der Waals surface area (Å²) >= 11 is 0. The highest BCUT2D eigenvalue weighted by atomic mass is 16.5. The van der Waals surface area contributed by atoms with Crippen LogP contribution in [0, 0.1) is 5.92 Å². The van der Waals surface area contributed by atoms with Gasteiger partial charge in [0.2, 0.25) is 5.91 Å². The third kappa shape index (κ3) is 7.56. The van der Waals surface area contributed by atoms with E-state index in [1.807, 2.05) is 0 Å². The Morgan fingerprint density at radius 3 is 2.65 bits per heavy atom.